The van der Waals surface area contributed by atoms with Gasteiger partial charge in [-0.05, 0) is 37.5 Å². The van der Waals surface area contributed by atoms with Gasteiger partial charge in [-0.3, -0.25) is 9.48 Å². The van der Waals surface area contributed by atoms with Crippen LogP contribution in [0.5, 0.6) is 0 Å². The molecule has 1 amide bonds. The highest BCUT2D eigenvalue weighted by molar-refractivity contribution is 5.95. The lowest BCUT2D eigenvalue weighted by molar-refractivity contribution is 0.0705. The lowest BCUT2D eigenvalue weighted by Gasteiger charge is -2.33. The number of carbonyl (C=O) groups is 1. The summed E-state index contributed by atoms with van der Waals surface area (Å²) in [5.74, 6) is 0.327. The minimum Gasteiger partial charge on any atom is -0.347 e. The minimum atomic E-state index is -0.298. The first-order chi connectivity index (χ1) is 14.8. The first-order valence-corrected chi connectivity index (χ1v) is 10.4. The maximum Gasteiger partial charge on any atom is 0.257 e. The fourth-order valence-electron chi connectivity index (χ4n) is 4.05. The number of amides is 1. The van der Waals surface area contributed by atoms with Crippen molar-refractivity contribution in [3.8, 4) is 11.1 Å². The number of likely N-dealkylation sites (tertiary alicyclic amines) is 1. The van der Waals surface area contributed by atoms with Gasteiger partial charge in [0.1, 0.15) is 5.82 Å². The monoisotopic (exact) mass is 422 g/mol. The van der Waals surface area contributed by atoms with Crippen LogP contribution >= 0.6 is 0 Å². The number of carbonyl (C=O) groups excluding carboxylic acids is 1. The fourth-order valence-corrected chi connectivity index (χ4v) is 4.05. The molecule has 4 rings (SSSR count). The van der Waals surface area contributed by atoms with Gasteiger partial charge in [0.25, 0.3) is 5.91 Å². The van der Waals surface area contributed by atoms with Crippen LogP contribution in [0.1, 0.15) is 40.5 Å². The van der Waals surface area contributed by atoms with Crippen LogP contribution in [0.4, 0.5) is 10.3 Å². The normalized spacial score (nSPS) is 16.4. The summed E-state index contributed by atoms with van der Waals surface area (Å²) < 4.78 is 15.6. The average Bonchev–Trinajstić information content (AvgIpc) is 3.11. The van der Waals surface area contributed by atoms with E-state index in [9.17, 15) is 9.18 Å². The summed E-state index contributed by atoms with van der Waals surface area (Å²) in [6.07, 6.45) is 5.17. The molecule has 1 unspecified atom stereocenters. The molecule has 0 bridgehead atoms. The highest BCUT2D eigenvalue weighted by Gasteiger charge is 2.30. The van der Waals surface area contributed by atoms with Crippen molar-refractivity contribution >= 4 is 11.9 Å². The van der Waals surface area contributed by atoms with Gasteiger partial charge in [-0.25, -0.2) is 14.4 Å². The van der Waals surface area contributed by atoms with Gasteiger partial charge >= 0.3 is 0 Å². The predicted octanol–water partition coefficient (Wildman–Crippen LogP) is 3.41. The maximum absolute atomic E-state index is 13.9. The topological polar surface area (TPSA) is 67.2 Å². The molecule has 2 aromatic heterocycles. The predicted molar refractivity (Wildman–Crippen MR) is 118 cm³/mol. The van der Waals surface area contributed by atoms with Crippen molar-refractivity contribution < 1.29 is 9.18 Å². The van der Waals surface area contributed by atoms with E-state index in [1.54, 1.807) is 23.1 Å². The Kier molecular flexibility index (Phi) is 5.71. The van der Waals surface area contributed by atoms with Crippen LogP contribution in [-0.2, 0) is 7.05 Å². The molecule has 3 heterocycles. The molecule has 3 aromatic rings. The smallest absolute Gasteiger partial charge is 0.257 e. The van der Waals surface area contributed by atoms with Crippen LogP contribution in [-0.4, -0.2) is 57.7 Å². The summed E-state index contributed by atoms with van der Waals surface area (Å²) in [6, 6.07) is 6.49. The van der Waals surface area contributed by atoms with E-state index in [1.807, 2.05) is 43.9 Å². The van der Waals surface area contributed by atoms with Crippen molar-refractivity contribution in [3.63, 3.8) is 0 Å². The molecule has 1 aliphatic heterocycles. The van der Waals surface area contributed by atoms with Crippen LogP contribution in [0, 0.1) is 12.7 Å². The third kappa shape index (κ3) is 4.15. The van der Waals surface area contributed by atoms with E-state index >= 15 is 0 Å². The van der Waals surface area contributed by atoms with Crippen LogP contribution < -0.4 is 4.90 Å². The van der Waals surface area contributed by atoms with E-state index in [4.69, 9.17) is 4.98 Å². The third-order valence-corrected chi connectivity index (χ3v) is 5.90. The SMILES string of the molecule is Cc1c(C(=O)N2CCCC(c3nc(N(C)C)ncc3-c3cccc(F)c3)C2)cnn1C. The van der Waals surface area contributed by atoms with E-state index in [0.717, 1.165) is 35.4 Å². The van der Waals surface area contributed by atoms with Crippen molar-refractivity contribution in [1.82, 2.24) is 24.6 Å². The first-order valence-electron chi connectivity index (χ1n) is 10.4. The molecule has 31 heavy (non-hydrogen) atoms. The largest absolute Gasteiger partial charge is 0.347 e. The molecule has 7 nitrogen and oxygen atoms in total. The van der Waals surface area contributed by atoms with Crippen LogP contribution in [0.15, 0.2) is 36.7 Å². The summed E-state index contributed by atoms with van der Waals surface area (Å²) in [7, 11) is 5.62. The molecule has 8 heteroatoms. The van der Waals surface area contributed by atoms with Gasteiger partial charge in [-0.1, -0.05) is 12.1 Å². The zero-order valence-corrected chi connectivity index (χ0v) is 18.3. The Morgan fingerprint density at radius 1 is 1.26 bits per heavy atom. The molecule has 1 saturated heterocycles. The second kappa shape index (κ2) is 8.45. The number of hydrogen-bond donors (Lipinski definition) is 0. The molecule has 1 aromatic carbocycles. The quantitative estimate of drug-likeness (QED) is 0.645. The van der Waals surface area contributed by atoms with E-state index < -0.39 is 0 Å². The molecule has 1 aliphatic rings. The van der Waals surface area contributed by atoms with Crippen molar-refractivity contribution in [3.05, 3.63) is 59.4 Å². The van der Waals surface area contributed by atoms with Crippen LogP contribution in [0.2, 0.25) is 0 Å². The number of piperidine rings is 1. The van der Waals surface area contributed by atoms with Gasteiger partial charge in [0, 0.05) is 57.6 Å². The Bertz CT molecular complexity index is 1110. The zero-order chi connectivity index (χ0) is 22.1. The number of aromatic nitrogens is 4. The van der Waals surface area contributed by atoms with Crippen molar-refractivity contribution in [2.75, 3.05) is 32.1 Å². The molecule has 162 valence electrons. The first kappa shape index (κ1) is 21.0. The van der Waals surface area contributed by atoms with Gasteiger partial charge in [0.2, 0.25) is 5.95 Å². The van der Waals surface area contributed by atoms with Gasteiger partial charge < -0.3 is 9.80 Å². The standard InChI is InChI=1S/C23H27FN6O/c1-15-19(13-26-29(15)4)22(31)30-10-6-8-17(14-30)21-20(12-25-23(27-21)28(2)3)16-7-5-9-18(24)11-16/h5,7,9,11-13,17H,6,8,10,14H2,1-4H3. The van der Waals surface area contributed by atoms with Crippen molar-refractivity contribution in [1.29, 1.82) is 0 Å². The molecule has 0 N–H and O–H groups in total. The summed E-state index contributed by atoms with van der Waals surface area (Å²) in [6.45, 7) is 3.15. The summed E-state index contributed by atoms with van der Waals surface area (Å²) in [5, 5.41) is 4.21. The molecule has 1 fully saturated rings. The van der Waals surface area contributed by atoms with Gasteiger partial charge in [-0.2, -0.15) is 5.10 Å². The molecular formula is C23H27FN6O. The molecule has 0 spiro atoms. The average molecular weight is 423 g/mol. The third-order valence-electron chi connectivity index (χ3n) is 5.90. The number of nitrogens with zero attached hydrogens (tertiary/aromatic N) is 6. The Morgan fingerprint density at radius 2 is 2.06 bits per heavy atom. The number of halogens is 1. The number of hydrogen-bond acceptors (Lipinski definition) is 5. The second-order valence-electron chi connectivity index (χ2n) is 8.23. The van der Waals surface area contributed by atoms with Gasteiger partial charge in [0.15, 0.2) is 0 Å². The van der Waals surface area contributed by atoms with E-state index in [0.29, 0.717) is 24.6 Å². The number of anilines is 1. The number of rotatable bonds is 4. The van der Waals surface area contributed by atoms with Gasteiger partial charge in [0.05, 0.1) is 17.5 Å². The number of benzene rings is 1. The maximum atomic E-state index is 13.9. The molecule has 0 aliphatic carbocycles. The number of aryl methyl sites for hydroxylation is 1. The zero-order valence-electron chi connectivity index (χ0n) is 18.3. The Morgan fingerprint density at radius 3 is 2.74 bits per heavy atom. The molecule has 0 radical (unpaired) electrons. The lowest BCUT2D eigenvalue weighted by atomic mass is 9.89. The van der Waals surface area contributed by atoms with Crippen LogP contribution in [0.25, 0.3) is 11.1 Å². The van der Waals surface area contributed by atoms with Gasteiger partial charge in [-0.15, -0.1) is 0 Å². The van der Waals surface area contributed by atoms with E-state index in [-0.39, 0.29) is 17.6 Å². The Hall–Kier alpha value is -3.29. The lowest BCUT2D eigenvalue weighted by Crippen LogP contribution is -2.39. The van der Waals surface area contributed by atoms with Crippen molar-refractivity contribution in [2.45, 2.75) is 25.7 Å². The summed E-state index contributed by atoms with van der Waals surface area (Å²) in [4.78, 5) is 26.2. The highest BCUT2D eigenvalue weighted by atomic mass is 19.1. The molecule has 1 atom stereocenters. The van der Waals surface area contributed by atoms with Crippen LogP contribution in [0.3, 0.4) is 0 Å². The highest BCUT2D eigenvalue weighted by Crippen LogP contribution is 2.34. The summed E-state index contributed by atoms with van der Waals surface area (Å²) >= 11 is 0. The van der Waals surface area contributed by atoms with Crippen molar-refractivity contribution in [2.24, 2.45) is 7.05 Å². The second-order valence-corrected chi connectivity index (χ2v) is 8.23. The molecule has 0 saturated carbocycles. The molecular weight excluding hydrogens is 395 g/mol. The summed E-state index contributed by atoms with van der Waals surface area (Å²) in [5.41, 5.74) is 3.88. The van der Waals surface area contributed by atoms with E-state index in [1.165, 1.54) is 12.1 Å². The Labute approximate surface area is 181 Å². The van der Waals surface area contributed by atoms with E-state index in [2.05, 4.69) is 10.1 Å². The fraction of sp³-hybridized carbons (Fsp3) is 0.391. The Balaban J connectivity index is 1.69. The minimum absolute atomic E-state index is 0.00973.